The van der Waals surface area contributed by atoms with Gasteiger partial charge in [-0.05, 0) is 155 Å². The van der Waals surface area contributed by atoms with Crippen LogP contribution in [-0.4, -0.2) is 45.3 Å². The Kier molecular flexibility index (Phi) is 18.9. The number of hydrogen-bond donors (Lipinski definition) is 4. The second-order valence-electron chi connectivity index (χ2n) is 14.6. The fraction of sp³-hybridized carbons (Fsp3) is 0.684. The lowest BCUT2D eigenvalue weighted by Crippen LogP contribution is -2.32. The van der Waals surface area contributed by atoms with Gasteiger partial charge in [0.1, 0.15) is 0 Å². The molecule has 0 radical (unpaired) electrons. The van der Waals surface area contributed by atoms with Crippen molar-refractivity contribution in [2.24, 2.45) is 5.73 Å². The first-order valence-corrected chi connectivity index (χ1v) is 17.0. The third-order valence-electron chi connectivity index (χ3n) is 8.66. The molecule has 5 N–H and O–H groups in total. The molecular formula is C38H67ClN4. The number of nitrogens with two attached hydrogens (primary N) is 1. The van der Waals surface area contributed by atoms with E-state index in [0.717, 1.165) is 45.7 Å². The molecule has 0 saturated heterocycles. The Bertz CT molecular complexity index is 952. The second-order valence-corrected chi connectivity index (χ2v) is 14.6. The van der Waals surface area contributed by atoms with Crippen molar-refractivity contribution in [3.63, 3.8) is 0 Å². The largest absolute Gasteiger partial charge is 0.330 e. The zero-order chi connectivity index (χ0) is 31.0. The molecule has 0 aliphatic rings. The highest BCUT2D eigenvalue weighted by Gasteiger charge is 2.17. The van der Waals surface area contributed by atoms with Crippen LogP contribution < -0.4 is 21.7 Å². The Balaban J connectivity index is 0.00000924. The van der Waals surface area contributed by atoms with Crippen LogP contribution in [0.1, 0.15) is 120 Å². The summed E-state index contributed by atoms with van der Waals surface area (Å²) in [5, 5.41) is 11.0. The molecule has 0 unspecified atom stereocenters. The molecule has 246 valence electrons. The van der Waals surface area contributed by atoms with Crippen molar-refractivity contribution >= 4 is 12.4 Å². The van der Waals surface area contributed by atoms with Crippen LogP contribution in [0.3, 0.4) is 0 Å². The smallest absolute Gasteiger partial charge is 0.00672 e. The van der Waals surface area contributed by atoms with Gasteiger partial charge in [-0.2, -0.15) is 0 Å². The highest BCUT2D eigenvalue weighted by atomic mass is 35.5. The van der Waals surface area contributed by atoms with Crippen molar-refractivity contribution in [1.82, 2.24) is 16.0 Å². The molecule has 0 atom stereocenters. The molecule has 0 heterocycles. The third kappa shape index (κ3) is 15.9. The van der Waals surface area contributed by atoms with E-state index in [-0.39, 0.29) is 23.2 Å². The zero-order valence-electron chi connectivity index (χ0n) is 29.1. The van der Waals surface area contributed by atoms with Crippen LogP contribution in [0.5, 0.6) is 0 Å². The summed E-state index contributed by atoms with van der Waals surface area (Å²) in [4.78, 5) is 0. The van der Waals surface area contributed by atoms with Gasteiger partial charge in [0, 0.05) is 6.04 Å². The number of halogens is 1. The van der Waals surface area contributed by atoms with Crippen LogP contribution in [0.15, 0.2) is 36.4 Å². The van der Waals surface area contributed by atoms with Crippen molar-refractivity contribution in [2.45, 2.75) is 130 Å². The summed E-state index contributed by atoms with van der Waals surface area (Å²) in [6.07, 6.45) is 10.7. The van der Waals surface area contributed by atoms with Gasteiger partial charge in [-0.1, -0.05) is 77.9 Å². The average molecular weight is 615 g/mol. The first-order valence-electron chi connectivity index (χ1n) is 17.0. The summed E-state index contributed by atoms with van der Waals surface area (Å²) in [5.41, 5.74) is 14.8. The summed E-state index contributed by atoms with van der Waals surface area (Å²) in [7, 11) is 0. The summed E-state index contributed by atoms with van der Waals surface area (Å²) in [6, 6.07) is 14.8. The molecule has 0 aromatic heterocycles. The molecule has 0 fully saturated rings. The van der Waals surface area contributed by atoms with Crippen LogP contribution >= 0.6 is 12.4 Å². The number of rotatable bonds is 20. The molecule has 0 aliphatic heterocycles. The molecule has 0 bridgehead atoms. The van der Waals surface area contributed by atoms with E-state index in [1.54, 1.807) is 0 Å². The zero-order valence-corrected chi connectivity index (χ0v) is 30.0. The summed E-state index contributed by atoms with van der Waals surface area (Å²) < 4.78 is 0. The van der Waals surface area contributed by atoms with Gasteiger partial charge in [-0.15, -0.1) is 12.4 Å². The van der Waals surface area contributed by atoms with Gasteiger partial charge >= 0.3 is 0 Å². The highest BCUT2D eigenvalue weighted by molar-refractivity contribution is 5.85. The predicted molar refractivity (Wildman–Crippen MR) is 193 cm³/mol. The molecule has 4 nitrogen and oxygen atoms in total. The van der Waals surface area contributed by atoms with Crippen LogP contribution in [0.4, 0.5) is 0 Å². The van der Waals surface area contributed by atoms with E-state index < -0.39 is 0 Å². The fourth-order valence-corrected chi connectivity index (χ4v) is 5.58. The fourth-order valence-electron chi connectivity index (χ4n) is 5.58. The Labute approximate surface area is 272 Å². The van der Waals surface area contributed by atoms with Gasteiger partial charge in [0.15, 0.2) is 0 Å². The SMILES string of the molecule is Cc1ccc(C(C)(C)C)cc1CCCC(CCCc1cc(C(C)(C)C)ccc1C)NCCCNCCCNCCCN.Cl. The topological polar surface area (TPSA) is 62.1 Å². The van der Waals surface area contributed by atoms with Crippen molar-refractivity contribution in [3.8, 4) is 0 Å². The third-order valence-corrected chi connectivity index (χ3v) is 8.66. The van der Waals surface area contributed by atoms with Gasteiger partial charge < -0.3 is 21.7 Å². The predicted octanol–water partition coefficient (Wildman–Crippen LogP) is 7.93. The van der Waals surface area contributed by atoms with E-state index in [1.165, 1.54) is 84.7 Å². The van der Waals surface area contributed by atoms with E-state index in [9.17, 15) is 0 Å². The van der Waals surface area contributed by atoms with Gasteiger partial charge in [-0.3, -0.25) is 0 Å². The Morgan fingerprint density at radius 2 is 1.02 bits per heavy atom. The first-order chi connectivity index (χ1) is 19.9. The monoisotopic (exact) mass is 615 g/mol. The molecule has 2 aromatic carbocycles. The Hall–Kier alpha value is -1.43. The van der Waals surface area contributed by atoms with Gasteiger partial charge in [-0.25, -0.2) is 0 Å². The van der Waals surface area contributed by atoms with Crippen LogP contribution in [0.25, 0.3) is 0 Å². The molecule has 0 aliphatic carbocycles. The van der Waals surface area contributed by atoms with Crippen molar-refractivity contribution < 1.29 is 0 Å². The minimum atomic E-state index is 0. The van der Waals surface area contributed by atoms with Crippen LogP contribution in [0, 0.1) is 13.8 Å². The maximum Gasteiger partial charge on any atom is 0.00672 e. The second kappa shape index (κ2) is 20.6. The quantitative estimate of drug-likeness (QED) is 0.114. The normalized spacial score (nSPS) is 12.1. The lowest BCUT2D eigenvalue weighted by atomic mass is 9.84. The Morgan fingerprint density at radius 1 is 0.605 bits per heavy atom. The van der Waals surface area contributed by atoms with Crippen molar-refractivity contribution in [2.75, 3.05) is 39.3 Å². The molecule has 5 heteroatoms. The maximum atomic E-state index is 5.56. The van der Waals surface area contributed by atoms with E-state index >= 15 is 0 Å². The first kappa shape index (κ1) is 39.6. The minimum Gasteiger partial charge on any atom is -0.330 e. The summed E-state index contributed by atoms with van der Waals surface area (Å²) in [6.45, 7) is 24.6. The molecule has 0 spiro atoms. The van der Waals surface area contributed by atoms with Crippen LogP contribution in [-0.2, 0) is 23.7 Å². The summed E-state index contributed by atoms with van der Waals surface area (Å²) >= 11 is 0. The van der Waals surface area contributed by atoms with Crippen LogP contribution in [0.2, 0.25) is 0 Å². The number of nitrogens with one attached hydrogen (secondary N) is 3. The van der Waals surface area contributed by atoms with E-state index in [2.05, 4.69) is 108 Å². The number of aryl methyl sites for hydroxylation is 4. The molecule has 2 rings (SSSR count). The van der Waals surface area contributed by atoms with Crippen molar-refractivity contribution in [3.05, 3.63) is 69.8 Å². The standard InChI is InChI=1S/C38H66N4.ClH/c1-30-18-20-34(37(3,4)5)28-32(30)14-9-16-36(42-27-13-26-41-25-12-24-40-23-11-22-39)17-10-15-33-29-35(38(6,7)8)21-19-31(33)2;/h18-21,28-29,36,40-42H,9-17,22-27,39H2,1-8H3;1H. The Morgan fingerprint density at radius 3 is 1.44 bits per heavy atom. The molecule has 0 saturated carbocycles. The number of hydrogen-bond acceptors (Lipinski definition) is 4. The average Bonchev–Trinajstić information content (AvgIpc) is 2.92. The molecule has 43 heavy (non-hydrogen) atoms. The minimum absolute atomic E-state index is 0. The van der Waals surface area contributed by atoms with E-state index in [1.807, 2.05) is 0 Å². The number of benzene rings is 2. The van der Waals surface area contributed by atoms with E-state index in [0.29, 0.717) is 6.04 Å². The van der Waals surface area contributed by atoms with Gasteiger partial charge in [0.25, 0.3) is 0 Å². The maximum absolute atomic E-state index is 5.56. The highest BCUT2D eigenvalue weighted by Crippen LogP contribution is 2.27. The van der Waals surface area contributed by atoms with Crippen molar-refractivity contribution in [1.29, 1.82) is 0 Å². The lowest BCUT2D eigenvalue weighted by Gasteiger charge is -2.22. The molecule has 2 aromatic rings. The lowest BCUT2D eigenvalue weighted by molar-refractivity contribution is 0.424. The summed E-state index contributed by atoms with van der Waals surface area (Å²) in [5.74, 6) is 0. The van der Waals surface area contributed by atoms with E-state index in [4.69, 9.17) is 5.73 Å². The van der Waals surface area contributed by atoms with Gasteiger partial charge in [0.05, 0.1) is 0 Å². The van der Waals surface area contributed by atoms with Gasteiger partial charge in [0.2, 0.25) is 0 Å². The molecule has 0 amide bonds. The molecular weight excluding hydrogens is 548 g/mol.